The Morgan fingerprint density at radius 3 is 2.85 bits per heavy atom. The summed E-state index contributed by atoms with van der Waals surface area (Å²) in [5.74, 6) is 0. The summed E-state index contributed by atoms with van der Waals surface area (Å²) in [6.07, 6.45) is 4.64. The van der Waals surface area contributed by atoms with Gasteiger partial charge in [0.05, 0.1) is 0 Å². The molecule has 0 saturated heterocycles. The summed E-state index contributed by atoms with van der Waals surface area (Å²) in [6.45, 7) is 1.98. The van der Waals surface area contributed by atoms with Crippen LogP contribution in [0.4, 0.5) is 0 Å². The van der Waals surface area contributed by atoms with Crippen molar-refractivity contribution in [2.75, 3.05) is 0 Å². The van der Waals surface area contributed by atoms with E-state index in [-0.39, 0.29) is 17.1 Å². The number of pyridine rings is 2. The fourth-order valence-corrected chi connectivity index (χ4v) is 2.75. The van der Waals surface area contributed by atoms with E-state index in [9.17, 15) is 8.42 Å². The average molecular weight is 288 g/mol. The van der Waals surface area contributed by atoms with E-state index in [2.05, 4.69) is 14.7 Å². The third-order valence-corrected chi connectivity index (χ3v) is 4.19. The van der Waals surface area contributed by atoms with Crippen molar-refractivity contribution in [2.24, 2.45) is 0 Å². The minimum Gasteiger partial charge on any atom is -0.264 e. The molecule has 0 bridgehead atoms. The zero-order chi connectivity index (χ0) is 14.6. The van der Waals surface area contributed by atoms with Gasteiger partial charge in [0, 0.05) is 25.1 Å². The molecule has 0 fully saturated rings. The van der Waals surface area contributed by atoms with Crippen molar-refractivity contribution < 1.29 is 8.42 Å². The number of hydrogen-bond acceptors (Lipinski definition) is 5. The number of aryl methyl sites for hydroxylation is 1. The molecule has 0 radical (unpaired) electrons. The van der Waals surface area contributed by atoms with Crippen LogP contribution in [0.1, 0.15) is 16.8 Å². The van der Waals surface area contributed by atoms with Gasteiger partial charge in [0.25, 0.3) is 0 Å². The number of sulfonamides is 1. The summed E-state index contributed by atoms with van der Waals surface area (Å²) < 4.78 is 26.8. The molecule has 2 aromatic heterocycles. The van der Waals surface area contributed by atoms with Crippen molar-refractivity contribution in [1.29, 1.82) is 5.26 Å². The van der Waals surface area contributed by atoms with Crippen LogP contribution in [-0.2, 0) is 16.6 Å². The predicted molar refractivity (Wildman–Crippen MR) is 72.0 cm³/mol. The number of nitrogens with one attached hydrogen (secondary N) is 1. The zero-order valence-electron chi connectivity index (χ0n) is 10.7. The van der Waals surface area contributed by atoms with E-state index >= 15 is 0 Å². The van der Waals surface area contributed by atoms with E-state index in [1.54, 1.807) is 24.5 Å². The summed E-state index contributed by atoms with van der Waals surface area (Å²) in [5, 5.41) is 8.90. The van der Waals surface area contributed by atoms with Gasteiger partial charge in [0.2, 0.25) is 10.0 Å². The highest BCUT2D eigenvalue weighted by atomic mass is 32.2. The maximum Gasteiger partial charge on any atom is 0.243 e. The van der Waals surface area contributed by atoms with Crippen molar-refractivity contribution in [3.05, 3.63) is 53.6 Å². The second-order valence-electron chi connectivity index (χ2n) is 4.09. The van der Waals surface area contributed by atoms with Crippen molar-refractivity contribution in [3.8, 4) is 6.07 Å². The van der Waals surface area contributed by atoms with Crippen LogP contribution < -0.4 is 4.72 Å². The van der Waals surface area contributed by atoms with E-state index in [0.29, 0.717) is 0 Å². The molecule has 0 aromatic carbocycles. The molecule has 0 saturated carbocycles. The van der Waals surface area contributed by atoms with Crippen LogP contribution in [0.2, 0.25) is 0 Å². The van der Waals surface area contributed by atoms with Gasteiger partial charge < -0.3 is 0 Å². The fourth-order valence-electron chi connectivity index (χ4n) is 1.64. The van der Waals surface area contributed by atoms with Gasteiger partial charge in [-0.1, -0.05) is 0 Å². The Bertz CT molecular complexity index is 766. The first-order valence-electron chi connectivity index (χ1n) is 5.79. The predicted octanol–water partition coefficient (Wildman–Crippen LogP) is 1.14. The fraction of sp³-hybridized carbons (Fsp3) is 0.154. The SMILES string of the molecule is Cc1cnccc1CNS(=O)(=O)c1cccnc1C#N. The summed E-state index contributed by atoms with van der Waals surface area (Å²) in [6, 6.07) is 6.35. The molecule has 2 aromatic rings. The van der Waals surface area contributed by atoms with Crippen LogP contribution in [0.15, 0.2) is 41.7 Å². The first-order valence-corrected chi connectivity index (χ1v) is 7.27. The largest absolute Gasteiger partial charge is 0.264 e. The lowest BCUT2D eigenvalue weighted by Gasteiger charge is -2.09. The topological polar surface area (TPSA) is 95.7 Å². The molecule has 2 heterocycles. The van der Waals surface area contributed by atoms with Crippen molar-refractivity contribution in [1.82, 2.24) is 14.7 Å². The molecule has 102 valence electrons. The molecule has 0 aliphatic heterocycles. The van der Waals surface area contributed by atoms with Gasteiger partial charge in [-0.15, -0.1) is 0 Å². The molecular weight excluding hydrogens is 276 g/mol. The number of rotatable bonds is 4. The smallest absolute Gasteiger partial charge is 0.243 e. The maximum absolute atomic E-state index is 12.2. The minimum absolute atomic E-state index is 0.116. The summed E-state index contributed by atoms with van der Waals surface area (Å²) in [4.78, 5) is 7.57. The number of nitriles is 1. The maximum atomic E-state index is 12.2. The highest BCUT2D eigenvalue weighted by Crippen LogP contribution is 2.13. The second-order valence-corrected chi connectivity index (χ2v) is 5.82. The molecule has 1 N–H and O–H groups in total. The normalized spacial score (nSPS) is 11.0. The summed E-state index contributed by atoms with van der Waals surface area (Å²) >= 11 is 0. The molecule has 0 aliphatic carbocycles. The lowest BCUT2D eigenvalue weighted by atomic mass is 10.2. The van der Waals surface area contributed by atoms with Crippen LogP contribution >= 0.6 is 0 Å². The summed E-state index contributed by atoms with van der Waals surface area (Å²) in [7, 11) is -3.77. The zero-order valence-corrected chi connectivity index (χ0v) is 11.6. The quantitative estimate of drug-likeness (QED) is 0.910. The highest BCUT2D eigenvalue weighted by molar-refractivity contribution is 7.89. The van der Waals surface area contributed by atoms with E-state index in [1.165, 1.54) is 18.3 Å². The first-order chi connectivity index (χ1) is 9.54. The number of aromatic nitrogens is 2. The van der Waals surface area contributed by atoms with Crippen LogP contribution in [0.25, 0.3) is 0 Å². The number of hydrogen-bond donors (Lipinski definition) is 1. The van der Waals surface area contributed by atoms with Crippen LogP contribution in [0.5, 0.6) is 0 Å². The van der Waals surface area contributed by atoms with Crippen molar-refractivity contribution in [2.45, 2.75) is 18.4 Å². The highest BCUT2D eigenvalue weighted by Gasteiger charge is 2.19. The molecule has 2 rings (SSSR count). The van der Waals surface area contributed by atoms with Crippen LogP contribution in [0, 0.1) is 18.3 Å². The molecule has 7 heteroatoms. The molecular formula is C13H12N4O2S. The summed E-state index contributed by atoms with van der Waals surface area (Å²) in [5.41, 5.74) is 1.60. The van der Waals surface area contributed by atoms with Crippen molar-refractivity contribution >= 4 is 10.0 Å². The van der Waals surface area contributed by atoms with Crippen molar-refractivity contribution in [3.63, 3.8) is 0 Å². The Hall–Kier alpha value is -2.30. The number of nitrogens with zero attached hydrogens (tertiary/aromatic N) is 3. The van der Waals surface area contributed by atoms with Gasteiger partial charge in [0.1, 0.15) is 11.0 Å². The van der Waals surface area contributed by atoms with E-state index < -0.39 is 10.0 Å². The van der Waals surface area contributed by atoms with Gasteiger partial charge in [-0.2, -0.15) is 5.26 Å². The van der Waals surface area contributed by atoms with Gasteiger partial charge in [0.15, 0.2) is 5.69 Å². The van der Waals surface area contributed by atoms with Gasteiger partial charge >= 0.3 is 0 Å². The lowest BCUT2D eigenvalue weighted by molar-refractivity contribution is 0.580. The molecule has 0 unspecified atom stereocenters. The Kier molecular flexibility index (Phi) is 4.08. The Balaban J connectivity index is 2.25. The van der Waals surface area contributed by atoms with Gasteiger partial charge in [-0.05, 0) is 36.2 Å². The molecule has 0 spiro atoms. The van der Waals surface area contributed by atoms with E-state index in [1.807, 2.05) is 6.92 Å². The van der Waals surface area contributed by atoms with Crippen LogP contribution in [0.3, 0.4) is 0 Å². The Morgan fingerprint density at radius 1 is 1.35 bits per heavy atom. The molecule has 6 nitrogen and oxygen atoms in total. The third-order valence-electron chi connectivity index (χ3n) is 2.76. The molecule has 20 heavy (non-hydrogen) atoms. The Morgan fingerprint density at radius 2 is 2.15 bits per heavy atom. The molecule has 0 atom stereocenters. The van der Waals surface area contributed by atoms with E-state index in [0.717, 1.165) is 11.1 Å². The third kappa shape index (κ3) is 2.99. The first kappa shape index (κ1) is 14.1. The van der Waals surface area contributed by atoms with Gasteiger partial charge in [-0.3, -0.25) is 4.98 Å². The van der Waals surface area contributed by atoms with Gasteiger partial charge in [-0.25, -0.2) is 18.1 Å². The van der Waals surface area contributed by atoms with Crippen LogP contribution in [-0.4, -0.2) is 18.4 Å². The standard InChI is InChI=1S/C13H12N4O2S/c1-10-8-15-6-4-11(10)9-17-20(18,19)13-3-2-5-16-12(13)7-14/h2-6,8,17H,9H2,1H3. The lowest BCUT2D eigenvalue weighted by Crippen LogP contribution is -2.24. The van der Waals surface area contributed by atoms with E-state index in [4.69, 9.17) is 5.26 Å². The second kappa shape index (κ2) is 5.77. The average Bonchev–Trinajstić information content (AvgIpc) is 2.46. The monoisotopic (exact) mass is 288 g/mol. The minimum atomic E-state index is -3.77. The Labute approximate surface area is 117 Å². The molecule has 0 amide bonds. The molecule has 0 aliphatic rings.